The van der Waals surface area contributed by atoms with Crippen molar-refractivity contribution < 1.29 is 18.0 Å². The zero-order valence-corrected chi connectivity index (χ0v) is 14.0. The molecule has 0 atom stereocenters. The lowest BCUT2D eigenvalue weighted by Gasteiger charge is -2.13. The van der Waals surface area contributed by atoms with E-state index in [9.17, 15) is 22.8 Å². The maximum atomic E-state index is 13.1. The van der Waals surface area contributed by atoms with Crippen LogP contribution in [0, 0.1) is 0 Å². The number of carbonyl (C=O) groups is 1. The molecule has 0 unspecified atom stereocenters. The molecule has 0 radical (unpaired) electrons. The Hall–Kier alpha value is -3.16. The highest BCUT2D eigenvalue weighted by molar-refractivity contribution is 6.06. The van der Waals surface area contributed by atoms with Crippen molar-refractivity contribution in [2.75, 3.05) is 5.32 Å². The lowest BCUT2D eigenvalue weighted by Crippen LogP contribution is -2.21. The van der Waals surface area contributed by atoms with Gasteiger partial charge in [0.2, 0.25) is 0 Å². The summed E-state index contributed by atoms with van der Waals surface area (Å²) in [5.74, 6) is -0.167. The van der Waals surface area contributed by atoms with Crippen LogP contribution < -0.4 is 10.9 Å². The second kappa shape index (κ2) is 6.22. The second-order valence-electron chi connectivity index (χ2n) is 6.32. The van der Waals surface area contributed by atoms with Crippen LogP contribution in [0.4, 0.5) is 18.9 Å². The Kier molecular flexibility index (Phi) is 3.98. The highest BCUT2D eigenvalue weighted by Crippen LogP contribution is 2.32. The molecular weight excluding hydrogens is 359 g/mol. The fraction of sp³-hybridized carbons (Fsp3) is 0.211. The molecule has 2 heterocycles. The Morgan fingerprint density at radius 2 is 1.93 bits per heavy atom. The number of nitrogens with one attached hydrogen (secondary N) is 1. The number of halogens is 3. The molecule has 1 amide bonds. The van der Waals surface area contributed by atoms with Crippen molar-refractivity contribution in [3.8, 4) is 0 Å². The highest BCUT2D eigenvalue weighted by Gasteiger charge is 2.34. The number of aromatic nitrogens is 2. The number of hydrogen-bond donors (Lipinski definition) is 1. The van der Waals surface area contributed by atoms with Crippen LogP contribution in [0.2, 0.25) is 0 Å². The number of benzene rings is 2. The number of hydrogen-bond acceptors (Lipinski definition) is 3. The molecule has 138 valence electrons. The second-order valence-corrected chi connectivity index (χ2v) is 6.32. The van der Waals surface area contributed by atoms with Crippen molar-refractivity contribution in [1.82, 2.24) is 9.55 Å². The first-order valence-electron chi connectivity index (χ1n) is 8.35. The van der Waals surface area contributed by atoms with E-state index >= 15 is 0 Å². The van der Waals surface area contributed by atoms with Gasteiger partial charge < -0.3 is 5.32 Å². The molecule has 27 heavy (non-hydrogen) atoms. The zero-order valence-electron chi connectivity index (χ0n) is 14.0. The molecule has 1 N–H and O–H groups in total. The Morgan fingerprint density at radius 3 is 2.70 bits per heavy atom. The van der Waals surface area contributed by atoms with Crippen LogP contribution in [-0.4, -0.2) is 15.5 Å². The molecule has 0 spiro atoms. The molecule has 1 aromatic heterocycles. The van der Waals surface area contributed by atoms with Gasteiger partial charge in [0.1, 0.15) is 5.82 Å². The minimum absolute atomic E-state index is 0.209. The number of anilines is 1. The van der Waals surface area contributed by atoms with E-state index in [0.717, 1.165) is 30.8 Å². The number of alkyl halides is 3. The first-order chi connectivity index (χ1) is 12.8. The van der Waals surface area contributed by atoms with Crippen molar-refractivity contribution in [3.63, 3.8) is 0 Å². The summed E-state index contributed by atoms with van der Waals surface area (Å²) in [5.41, 5.74) is -0.959. The van der Waals surface area contributed by atoms with E-state index in [1.807, 2.05) is 0 Å². The first kappa shape index (κ1) is 17.3. The third-order valence-corrected chi connectivity index (χ3v) is 4.55. The van der Waals surface area contributed by atoms with Crippen LogP contribution in [0.25, 0.3) is 10.9 Å². The van der Waals surface area contributed by atoms with Crippen LogP contribution in [0.5, 0.6) is 0 Å². The minimum Gasteiger partial charge on any atom is -0.322 e. The minimum atomic E-state index is -4.64. The predicted octanol–water partition coefficient (Wildman–Crippen LogP) is 3.61. The fourth-order valence-corrected chi connectivity index (χ4v) is 3.29. The molecule has 4 rings (SSSR count). The van der Waals surface area contributed by atoms with Gasteiger partial charge in [-0.2, -0.15) is 13.2 Å². The number of rotatable bonds is 2. The Morgan fingerprint density at radius 1 is 1.15 bits per heavy atom. The van der Waals surface area contributed by atoms with Gasteiger partial charge in [-0.3, -0.25) is 14.2 Å². The van der Waals surface area contributed by atoms with Crippen LogP contribution in [0.3, 0.4) is 0 Å². The van der Waals surface area contributed by atoms with E-state index in [-0.39, 0.29) is 11.2 Å². The van der Waals surface area contributed by atoms with Gasteiger partial charge in [-0.25, -0.2) is 4.98 Å². The van der Waals surface area contributed by atoms with Gasteiger partial charge in [-0.05, 0) is 36.8 Å². The highest BCUT2D eigenvalue weighted by atomic mass is 19.4. The molecular formula is C19H14F3N3O2. The van der Waals surface area contributed by atoms with E-state index < -0.39 is 23.2 Å². The van der Waals surface area contributed by atoms with Gasteiger partial charge in [0.15, 0.2) is 0 Å². The summed E-state index contributed by atoms with van der Waals surface area (Å²) in [6.07, 6.45) is -3.06. The number of amides is 1. The summed E-state index contributed by atoms with van der Waals surface area (Å²) in [7, 11) is 0. The Labute approximate surface area is 151 Å². The van der Waals surface area contributed by atoms with Crippen molar-refractivity contribution in [1.29, 1.82) is 0 Å². The van der Waals surface area contributed by atoms with E-state index in [0.29, 0.717) is 17.4 Å². The molecule has 2 aromatic carbocycles. The van der Waals surface area contributed by atoms with Gasteiger partial charge in [0, 0.05) is 18.7 Å². The largest absolute Gasteiger partial charge is 0.417 e. The maximum Gasteiger partial charge on any atom is 0.417 e. The molecule has 0 bridgehead atoms. The molecule has 0 aliphatic carbocycles. The van der Waals surface area contributed by atoms with Gasteiger partial charge in [0.05, 0.1) is 22.0 Å². The Balaban J connectivity index is 1.71. The Bertz CT molecular complexity index is 1120. The topological polar surface area (TPSA) is 64.0 Å². The zero-order chi connectivity index (χ0) is 19.2. The number of nitrogens with zero attached hydrogens (tertiary/aromatic N) is 2. The van der Waals surface area contributed by atoms with Crippen molar-refractivity contribution in [3.05, 3.63) is 69.8 Å². The molecule has 1 aliphatic rings. The third kappa shape index (κ3) is 3.07. The van der Waals surface area contributed by atoms with Crippen LogP contribution in [-0.2, 0) is 19.1 Å². The van der Waals surface area contributed by atoms with Gasteiger partial charge in [-0.1, -0.05) is 12.1 Å². The summed E-state index contributed by atoms with van der Waals surface area (Å²) in [5, 5.41) is 2.76. The molecule has 5 nitrogen and oxygen atoms in total. The molecule has 0 saturated heterocycles. The number of fused-ring (bicyclic) bond motifs is 2. The van der Waals surface area contributed by atoms with Crippen molar-refractivity contribution in [2.24, 2.45) is 0 Å². The lowest BCUT2D eigenvalue weighted by atomic mass is 10.1. The summed E-state index contributed by atoms with van der Waals surface area (Å²) in [6.45, 7) is 0.590. The summed E-state index contributed by atoms with van der Waals surface area (Å²) >= 11 is 0. The monoisotopic (exact) mass is 373 g/mol. The first-order valence-corrected chi connectivity index (χ1v) is 8.35. The maximum absolute atomic E-state index is 13.1. The number of aryl methyl sites for hydroxylation is 1. The average Bonchev–Trinajstić information content (AvgIpc) is 3.10. The van der Waals surface area contributed by atoms with Crippen molar-refractivity contribution in [2.45, 2.75) is 25.6 Å². The fourth-order valence-electron chi connectivity index (χ4n) is 3.29. The van der Waals surface area contributed by atoms with Gasteiger partial charge in [-0.15, -0.1) is 0 Å². The molecule has 0 saturated carbocycles. The van der Waals surface area contributed by atoms with Crippen LogP contribution >= 0.6 is 0 Å². The lowest BCUT2D eigenvalue weighted by molar-refractivity contribution is -0.137. The molecule has 0 fully saturated rings. The summed E-state index contributed by atoms with van der Waals surface area (Å²) < 4.78 is 40.9. The average molecular weight is 373 g/mol. The van der Waals surface area contributed by atoms with E-state index in [4.69, 9.17) is 0 Å². The van der Waals surface area contributed by atoms with Crippen molar-refractivity contribution >= 4 is 22.5 Å². The third-order valence-electron chi connectivity index (χ3n) is 4.55. The molecule has 8 heteroatoms. The summed E-state index contributed by atoms with van der Waals surface area (Å²) in [4.78, 5) is 29.4. The van der Waals surface area contributed by atoms with E-state index in [1.54, 1.807) is 10.6 Å². The van der Waals surface area contributed by atoms with Gasteiger partial charge >= 0.3 is 6.18 Å². The van der Waals surface area contributed by atoms with Crippen LogP contribution in [0.15, 0.2) is 47.3 Å². The van der Waals surface area contributed by atoms with E-state index in [2.05, 4.69) is 10.3 Å². The van der Waals surface area contributed by atoms with E-state index in [1.165, 1.54) is 24.3 Å². The van der Waals surface area contributed by atoms with Gasteiger partial charge in [0.25, 0.3) is 11.5 Å². The predicted molar refractivity (Wildman–Crippen MR) is 93.7 cm³/mol. The summed E-state index contributed by atoms with van der Waals surface area (Å²) in [6, 6.07) is 9.12. The SMILES string of the molecule is O=C(Nc1ccc2nc3n(c(=O)c2c1)CCC3)c1ccccc1C(F)(F)F. The smallest absolute Gasteiger partial charge is 0.322 e. The molecule has 3 aromatic rings. The standard InChI is InChI=1S/C19H14F3N3O2/c20-19(21,22)14-5-2-1-4-12(14)17(26)23-11-7-8-15-13(10-11)18(27)25-9-3-6-16(25)24-15/h1-2,4-5,7-8,10H,3,6,9H2,(H,23,26). The number of carbonyl (C=O) groups excluding carboxylic acids is 1. The normalized spacial score (nSPS) is 13.6. The quantitative estimate of drug-likeness (QED) is 0.746. The molecule has 1 aliphatic heterocycles. The van der Waals surface area contributed by atoms with Crippen LogP contribution in [0.1, 0.15) is 28.2 Å².